The highest BCUT2D eigenvalue weighted by atomic mass is 16.5. The molecule has 1 saturated heterocycles. The molecule has 0 spiro atoms. The Hall–Kier alpha value is -2.64. The fraction of sp³-hybridized carbons (Fsp3) is 0.500. The summed E-state index contributed by atoms with van der Waals surface area (Å²) in [6.07, 6.45) is 5.75. The molecule has 0 N–H and O–H groups in total. The van der Waals surface area contributed by atoms with E-state index in [4.69, 9.17) is 9.47 Å². The number of likely N-dealkylation sites (tertiary alicyclic amines) is 1. The minimum atomic E-state index is -0.0727. The molecule has 2 aliphatic rings. The summed E-state index contributed by atoms with van der Waals surface area (Å²) in [7, 11) is 0. The third kappa shape index (κ3) is 3.04. The lowest BCUT2D eigenvalue weighted by Crippen LogP contribution is -2.44. The van der Waals surface area contributed by atoms with Gasteiger partial charge in [-0.15, -0.1) is 0 Å². The van der Waals surface area contributed by atoms with Gasteiger partial charge in [-0.25, -0.2) is 14.6 Å². The van der Waals surface area contributed by atoms with E-state index in [1.807, 2.05) is 0 Å². The van der Waals surface area contributed by atoms with Crippen LogP contribution >= 0.6 is 0 Å². The molecule has 8 heteroatoms. The molecule has 4 heterocycles. The van der Waals surface area contributed by atoms with Crippen LogP contribution in [0.3, 0.4) is 0 Å². The second-order valence-electron chi connectivity index (χ2n) is 5.97. The van der Waals surface area contributed by atoms with Gasteiger partial charge >= 0.3 is 0 Å². The quantitative estimate of drug-likeness (QED) is 0.840. The second-order valence-corrected chi connectivity index (χ2v) is 5.97. The van der Waals surface area contributed by atoms with Crippen LogP contribution in [0.5, 0.6) is 11.8 Å². The van der Waals surface area contributed by atoms with E-state index in [0.717, 1.165) is 25.8 Å². The number of carbonyl (C=O) groups excluding carboxylic acids is 1. The molecule has 1 fully saturated rings. The number of fused-ring (bicyclic) bond motifs is 1. The van der Waals surface area contributed by atoms with Crippen molar-refractivity contribution in [3.05, 3.63) is 30.4 Å². The van der Waals surface area contributed by atoms with Crippen molar-refractivity contribution >= 4 is 5.91 Å². The highest BCUT2D eigenvalue weighted by molar-refractivity contribution is 5.92. The highest BCUT2D eigenvalue weighted by Crippen LogP contribution is 2.22. The molecule has 0 aromatic carbocycles. The summed E-state index contributed by atoms with van der Waals surface area (Å²) in [4.78, 5) is 22.5. The fourth-order valence-corrected chi connectivity index (χ4v) is 3.07. The van der Waals surface area contributed by atoms with Crippen molar-refractivity contribution < 1.29 is 14.3 Å². The van der Waals surface area contributed by atoms with Gasteiger partial charge < -0.3 is 14.4 Å². The van der Waals surface area contributed by atoms with Gasteiger partial charge in [-0.05, 0) is 12.8 Å². The molecule has 1 atom stereocenters. The maximum atomic E-state index is 12.7. The molecule has 4 rings (SSSR count). The summed E-state index contributed by atoms with van der Waals surface area (Å²) in [6, 6.07) is 3.46. The van der Waals surface area contributed by atoms with Gasteiger partial charge in [0.25, 0.3) is 5.91 Å². The average molecular weight is 329 g/mol. The average Bonchev–Trinajstić information content (AvgIpc) is 3.06. The Kier molecular flexibility index (Phi) is 4.02. The maximum absolute atomic E-state index is 12.7. The van der Waals surface area contributed by atoms with Crippen LogP contribution in [0.1, 0.15) is 29.8 Å². The minimum absolute atomic E-state index is 0.0638. The first-order chi connectivity index (χ1) is 11.8. The number of nitrogens with zero attached hydrogens (tertiary/aromatic N) is 5. The van der Waals surface area contributed by atoms with Crippen molar-refractivity contribution in [2.75, 3.05) is 19.7 Å². The van der Waals surface area contributed by atoms with Gasteiger partial charge in [0.2, 0.25) is 11.8 Å². The lowest BCUT2D eigenvalue weighted by molar-refractivity contribution is 0.0521. The predicted molar refractivity (Wildman–Crippen MR) is 83.9 cm³/mol. The third-order valence-electron chi connectivity index (χ3n) is 4.23. The van der Waals surface area contributed by atoms with Gasteiger partial charge in [-0.2, -0.15) is 5.10 Å². The molecule has 2 aromatic rings. The molecule has 0 radical (unpaired) electrons. The van der Waals surface area contributed by atoms with Crippen molar-refractivity contribution in [2.45, 2.75) is 31.9 Å². The number of carbonyl (C=O) groups is 1. The van der Waals surface area contributed by atoms with Gasteiger partial charge in [-0.3, -0.25) is 4.79 Å². The van der Waals surface area contributed by atoms with Crippen LogP contribution in [0, 0.1) is 0 Å². The van der Waals surface area contributed by atoms with Crippen molar-refractivity contribution in [1.82, 2.24) is 24.6 Å². The molecule has 2 aromatic heterocycles. The zero-order chi connectivity index (χ0) is 16.4. The number of rotatable bonds is 3. The summed E-state index contributed by atoms with van der Waals surface area (Å²) in [6.45, 7) is 2.72. The second kappa shape index (κ2) is 6.46. The molecular weight excluding hydrogens is 310 g/mol. The predicted octanol–water partition coefficient (Wildman–Crippen LogP) is 1.14. The molecule has 1 amide bonds. The number of aryl methyl sites for hydroxylation is 1. The Morgan fingerprint density at radius 1 is 1.33 bits per heavy atom. The number of amides is 1. The Morgan fingerprint density at radius 2 is 2.29 bits per heavy atom. The van der Waals surface area contributed by atoms with Gasteiger partial charge in [0.15, 0.2) is 5.69 Å². The highest BCUT2D eigenvalue weighted by Gasteiger charge is 2.28. The molecular formula is C16H19N5O3. The standard InChI is InChI=1S/C16H19N5O3/c22-16(13-9-15-21(19-13)7-2-8-23-15)20-6-1-3-12(10-20)24-14-4-5-17-11-18-14/h4-5,9,11-12H,1-3,6-8,10H2. The molecule has 1 unspecified atom stereocenters. The first kappa shape index (κ1) is 14.9. The zero-order valence-electron chi connectivity index (χ0n) is 13.3. The van der Waals surface area contributed by atoms with Crippen LogP contribution in [0.15, 0.2) is 24.7 Å². The number of ether oxygens (including phenoxy) is 2. The SMILES string of the molecule is O=C(c1cc2n(n1)CCCO2)N1CCCC(Oc2ccncn2)C1. The molecule has 0 aliphatic carbocycles. The van der Waals surface area contributed by atoms with E-state index < -0.39 is 0 Å². The van der Waals surface area contributed by atoms with Crippen molar-refractivity contribution in [1.29, 1.82) is 0 Å². The summed E-state index contributed by atoms with van der Waals surface area (Å²) < 4.78 is 13.1. The van der Waals surface area contributed by atoms with Crippen LogP contribution in [0.4, 0.5) is 0 Å². The van der Waals surface area contributed by atoms with E-state index in [1.54, 1.807) is 27.9 Å². The normalized spacial score (nSPS) is 20.2. The van der Waals surface area contributed by atoms with E-state index in [0.29, 0.717) is 37.2 Å². The topological polar surface area (TPSA) is 82.4 Å². The minimum Gasteiger partial charge on any atom is -0.478 e. The number of hydrogen-bond donors (Lipinski definition) is 0. The van der Waals surface area contributed by atoms with Gasteiger partial charge in [-0.1, -0.05) is 0 Å². The Bertz CT molecular complexity index is 694. The first-order valence-electron chi connectivity index (χ1n) is 8.22. The molecule has 0 bridgehead atoms. The van der Waals surface area contributed by atoms with E-state index >= 15 is 0 Å². The first-order valence-corrected chi connectivity index (χ1v) is 8.22. The fourth-order valence-electron chi connectivity index (χ4n) is 3.07. The summed E-state index contributed by atoms with van der Waals surface area (Å²) in [5.74, 6) is 1.14. The molecule has 126 valence electrons. The van der Waals surface area contributed by atoms with E-state index in [-0.39, 0.29) is 12.0 Å². The Balaban J connectivity index is 1.43. The molecule has 8 nitrogen and oxygen atoms in total. The summed E-state index contributed by atoms with van der Waals surface area (Å²) in [5.41, 5.74) is 0.439. The lowest BCUT2D eigenvalue weighted by Gasteiger charge is -2.32. The van der Waals surface area contributed by atoms with Crippen LogP contribution in [0.25, 0.3) is 0 Å². The van der Waals surface area contributed by atoms with Crippen molar-refractivity contribution in [3.63, 3.8) is 0 Å². The monoisotopic (exact) mass is 329 g/mol. The summed E-state index contributed by atoms with van der Waals surface area (Å²) in [5, 5.41) is 4.37. The molecule has 2 aliphatic heterocycles. The largest absolute Gasteiger partial charge is 0.478 e. The Labute approximate surface area is 139 Å². The van der Waals surface area contributed by atoms with E-state index in [9.17, 15) is 4.79 Å². The zero-order valence-corrected chi connectivity index (χ0v) is 13.3. The molecule has 0 saturated carbocycles. The number of piperidine rings is 1. The molecule has 24 heavy (non-hydrogen) atoms. The van der Waals surface area contributed by atoms with E-state index in [2.05, 4.69) is 15.1 Å². The summed E-state index contributed by atoms with van der Waals surface area (Å²) >= 11 is 0. The maximum Gasteiger partial charge on any atom is 0.274 e. The third-order valence-corrected chi connectivity index (χ3v) is 4.23. The van der Waals surface area contributed by atoms with Crippen LogP contribution in [0.2, 0.25) is 0 Å². The van der Waals surface area contributed by atoms with Gasteiger partial charge in [0, 0.05) is 37.8 Å². The number of hydrogen-bond acceptors (Lipinski definition) is 6. The van der Waals surface area contributed by atoms with Gasteiger partial charge in [0.05, 0.1) is 13.2 Å². The lowest BCUT2D eigenvalue weighted by atomic mass is 10.1. The van der Waals surface area contributed by atoms with Crippen molar-refractivity contribution in [3.8, 4) is 11.8 Å². The van der Waals surface area contributed by atoms with Crippen molar-refractivity contribution in [2.24, 2.45) is 0 Å². The Morgan fingerprint density at radius 3 is 3.12 bits per heavy atom. The van der Waals surface area contributed by atoms with E-state index in [1.165, 1.54) is 6.33 Å². The number of aromatic nitrogens is 4. The van der Waals surface area contributed by atoms with Crippen LogP contribution < -0.4 is 9.47 Å². The van der Waals surface area contributed by atoms with Crippen LogP contribution in [-0.2, 0) is 6.54 Å². The smallest absolute Gasteiger partial charge is 0.274 e. The van der Waals surface area contributed by atoms with Gasteiger partial charge in [0.1, 0.15) is 12.4 Å². The van der Waals surface area contributed by atoms with Crippen LogP contribution in [-0.4, -0.2) is 56.4 Å².